The number of rotatable bonds is 8. The Bertz CT molecular complexity index is 1430. The van der Waals surface area contributed by atoms with E-state index in [0.717, 1.165) is 44.9 Å². The first-order valence-corrected chi connectivity index (χ1v) is 13.4. The Morgan fingerprint density at radius 2 is 1.82 bits per heavy atom. The minimum Gasteiger partial charge on any atom is -0.319 e. The molecule has 0 spiro atoms. The fourth-order valence-electron chi connectivity index (χ4n) is 3.66. The number of hydrogen-bond acceptors (Lipinski definition) is 5. The van der Waals surface area contributed by atoms with Crippen LogP contribution in [0.1, 0.15) is 5.56 Å². The minimum absolute atomic E-state index is 0.0955. The molecule has 8 heteroatoms. The molecular weight excluding hydrogens is 528 g/mol. The highest BCUT2D eigenvalue weighted by atomic mass is 79.9. The van der Waals surface area contributed by atoms with Crippen LogP contribution in [-0.2, 0) is 17.8 Å². The second-order valence-electron chi connectivity index (χ2n) is 7.66. The van der Waals surface area contributed by atoms with Crippen LogP contribution in [0.4, 0.5) is 5.13 Å². The topological polar surface area (TPSA) is 59.8 Å². The molecule has 0 aliphatic heterocycles. The molecule has 0 atom stereocenters. The highest BCUT2D eigenvalue weighted by Crippen LogP contribution is 2.28. The first-order valence-electron chi connectivity index (χ1n) is 10.8. The van der Waals surface area contributed by atoms with E-state index in [4.69, 9.17) is 4.98 Å². The molecule has 5 rings (SSSR count). The molecule has 0 unspecified atom stereocenters. The third kappa shape index (κ3) is 5.41. The lowest BCUT2D eigenvalue weighted by molar-refractivity contribution is -0.113. The lowest BCUT2D eigenvalue weighted by Gasteiger charge is -2.09. The van der Waals surface area contributed by atoms with E-state index in [0.29, 0.717) is 5.13 Å². The average Bonchev–Trinajstić information content (AvgIpc) is 3.46. The summed E-state index contributed by atoms with van der Waals surface area (Å²) in [6.07, 6.45) is 0.901. The highest BCUT2D eigenvalue weighted by molar-refractivity contribution is 9.10. The van der Waals surface area contributed by atoms with Crippen molar-refractivity contribution in [2.45, 2.75) is 18.1 Å². The maximum absolute atomic E-state index is 12.7. The van der Waals surface area contributed by atoms with Crippen LogP contribution in [-0.4, -0.2) is 26.2 Å². The number of carbonyl (C=O) groups is 1. The van der Waals surface area contributed by atoms with Gasteiger partial charge >= 0.3 is 0 Å². The highest BCUT2D eigenvalue weighted by Gasteiger charge is 2.14. The predicted octanol–water partition coefficient (Wildman–Crippen LogP) is 6.90. The maximum Gasteiger partial charge on any atom is 0.236 e. The Kier molecular flexibility index (Phi) is 7.08. The van der Waals surface area contributed by atoms with Gasteiger partial charge in [0.25, 0.3) is 0 Å². The Labute approximate surface area is 214 Å². The van der Waals surface area contributed by atoms with Crippen molar-refractivity contribution in [1.82, 2.24) is 14.5 Å². The normalized spacial score (nSPS) is 11.1. The quantitative estimate of drug-likeness (QED) is 0.214. The second-order valence-corrected chi connectivity index (χ2v) is 10.4. The van der Waals surface area contributed by atoms with E-state index in [-0.39, 0.29) is 11.7 Å². The maximum atomic E-state index is 12.7. The van der Waals surface area contributed by atoms with Gasteiger partial charge in [-0.25, -0.2) is 9.97 Å². The number of hydrogen-bond donors (Lipinski definition) is 1. The van der Waals surface area contributed by atoms with Crippen molar-refractivity contribution >= 4 is 61.1 Å². The number of benzene rings is 3. The summed E-state index contributed by atoms with van der Waals surface area (Å²) in [5.74, 6) is 0.169. The van der Waals surface area contributed by atoms with Crippen LogP contribution >= 0.6 is 39.0 Å². The molecule has 170 valence electrons. The van der Waals surface area contributed by atoms with Crippen LogP contribution in [0.5, 0.6) is 0 Å². The van der Waals surface area contributed by atoms with Crippen molar-refractivity contribution in [3.8, 4) is 11.3 Å². The van der Waals surface area contributed by atoms with E-state index in [2.05, 4.69) is 61.1 Å². The van der Waals surface area contributed by atoms with Crippen molar-refractivity contribution in [1.29, 1.82) is 0 Å². The van der Waals surface area contributed by atoms with Crippen molar-refractivity contribution in [3.63, 3.8) is 0 Å². The molecule has 1 N–H and O–H groups in total. The van der Waals surface area contributed by atoms with Crippen LogP contribution in [0.15, 0.2) is 93.9 Å². The Hall–Kier alpha value is -2.94. The summed E-state index contributed by atoms with van der Waals surface area (Å²) in [4.78, 5) is 22.0. The number of aromatic nitrogens is 3. The zero-order chi connectivity index (χ0) is 23.3. The second kappa shape index (κ2) is 10.5. The van der Waals surface area contributed by atoms with E-state index in [9.17, 15) is 4.79 Å². The molecule has 2 heterocycles. The summed E-state index contributed by atoms with van der Waals surface area (Å²) < 4.78 is 3.20. The number of imidazole rings is 1. The van der Waals surface area contributed by atoms with Gasteiger partial charge in [-0.15, -0.1) is 11.3 Å². The van der Waals surface area contributed by atoms with Gasteiger partial charge in [-0.3, -0.25) is 4.79 Å². The van der Waals surface area contributed by atoms with E-state index in [1.807, 2.05) is 53.9 Å². The molecule has 2 aromatic heterocycles. The summed E-state index contributed by atoms with van der Waals surface area (Å²) in [7, 11) is 0. The third-order valence-electron chi connectivity index (χ3n) is 5.29. The van der Waals surface area contributed by atoms with Crippen LogP contribution in [0.25, 0.3) is 22.3 Å². The zero-order valence-electron chi connectivity index (χ0n) is 18.1. The molecule has 0 bridgehead atoms. The first-order chi connectivity index (χ1) is 16.7. The van der Waals surface area contributed by atoms with Crippen LogP contribution < -0.4 is 5.32 Å². The van der Waals surface area contributed by atoms with E-state index in [1.54, 1.807) is 0 Å². The number of nitrogens with one attached hydrogen (secondary N) is 1. The van der Waals surface area contributed by atoms with Gasteiger partial charge < -0.3 is 9.88 Å². The summed E-state index contributed by atoms with van der Waals surface area (Å²) in [6.45, 7) is 0.803. The van der Waals surface area contributed by atoms with E-state index in [1.165, 1.54) is 28.7 Å². The molecular formula is C26H21BrN4OS2. The van der Waals surface area contributed by atoms with Crippen LogP contribution in [0.2, 0.25) is 0 Å². The number of anilines is 1. The summed E-state index contributed by atoms with van der Waals surface area (Å²) in [5, 5.41) is 6.32. The van der Waals surface area contributed by atoms with Crippen LogP contribution in [0, 0.1) is 0 Å². The number of aryl methyl sites for hydroxylation is 2. The SMILES string of the molecule is O=C(CSc1nc2ccccc2n1CCc1ccccc1)Nc1nc(-c2cccc(Br)c2)cs1. The molecule has 3 aromatic carbocycles. The van der Waals surface area contributed by atoms with Crippen molar-refractivity contribution in [2.75, 3.05) is 11.1 Å². The molecule has 1 amide bonds. The predicted molar refractivity (Wildman–Crippen MR) is 144 cm³/mol. The molecule has 5 aromatic rings. The number of thiazole rings is 1. The number of halogens is 1. The lowest BCUT2D eigenvalue weighted by Crippen LogP contribution is -2.14. The Morgan fingerprint density at radius 3 is 2.68 bits per heavy atom. The Morgan fingerprint density at radius 1 is 1.00 bits per heavy atom. The van der Waals surface area contributed by atoms with Gasteiger partial charge in [-0.1, -0.05) is 82.3 Å². The molecule has 34 heavy (non-hydrogen) atoms. The largest absolute Gasteiger partial charge is 0.319 e. The fourth-order valence-corrected chi connectivity index (χ4v) is 5.64. The number of fused-ring (bicyclic) bond motifs is 1. The molecule has 0 fully saturated rings. The summed E-state index contributed by atoms with van der Waals surface area (Å²) in [6, 6.07) is 26.5. The molecule has 0 saturated carbocycles. The number of thioether (sulfide) groups is 1. The molecule has 5 nitrogen and oxygen atoms in total. The van der Waals surface area contributed by atoms with Gasteiger partial charge in [0.05, 0.1) is 22.5 Å². The molecule has 0 saturated heterocycles. The monoisotopic (exact) mass is 548 g/mol. The van der Waals surface area contributed by atoms with Gasteiger partial charge in [0.15, 0.2) is 10.3 Å². The molecule has 0 aliphatic carbocycles. The van der Waals surface area contributed by atoms with Crippen molar-refractivity contribution in [3.05, 3.63) is 94.3 Å². The van der Waals surface area contributed by atoms with E-state index < -0.39 is 0 Å². The third-order valence-corrected chi connectivity index (χ3v) is 7.52. The van der Waals surface area contributed by atoms with Crippen LogP contribution in [0.3, 0.4) is 0 Å². The fraction of sp³-hybridized carbons (Fsp3) is 0.115. The van der Waals surface area contributed by atoms with Gasteiger partial charge in [0.2, 0.25) is 5.91 Å². The van der Waals surface area contributed by atoms with Gasteiger partial charge in [0.1, 0.15) is 0 Å². The Balaban J connectivity index is 1.26. The van der Waals surface area contributed by atoms with E-state index >= 15 is 0 Å². The minimum atomic E-state index is -0.0955. The number of amides is 1. The zero-order valence-corrected chi connectivity index (χ0v) is 21.4. The van der Waals surface area contributed by atoms with Gasteiger partial charge in [-0.2, -0.15) is 0 Å². The van der Waals surface area contributed by atoms with Gasteiger partial charge in [0, 0.05) is 22.0 Å². The lowest BCUT2D eigenvalue weighted by atomic mass is 10.1. The number of carbonyl (C=O) groups excluding carboxylic acids is 1. The van der Waals surface area contributed by atoms with Crippen molar-refractivity contribution in [2.24, 2.45) is 0 Å². The smallest absolute Gasteiger partial charge is 0.236 e. The van der Waals surface area contributed by atoms with Gasteiger partial charge in [-0.05, 0) is 36.2 Å². The first kappa shape index (κ1) is 22.8. The number of para-hydroxylation sites is 2. The molecule has 0 radical (unpaired) electrons. The summed E-state index contributed by atoms with van der Waals surface area (Å²) >= 11 is 6.36. The molecule has 0 aliphatic rings. The standard InChI is InChI=1S/C26H21BrN4OS2/c27-20-10-6-9-19(15-20)22-16-33-25(28-22)30-24(32)17-34-26-29-21-11-4-5-12-23(21)31(26)14-13-18-7-2-1-3-8-18/h1-12,15-16H,13-14,17H2,(H,28,30,32). The van der Waals surface area contributed by atoms with Crippen molar-refractivity contribution < 1.29 is 4.79 Å². The number of nitrogens with zero attached hydrogens (tertiary/aromatic N) is 3. The summed E-state index contributed by atoms with van der Waals surface area (Å²) in [5.41, 5.74) is 5.15. The average molecular weight is 550 g/mol.